The molecule has 0 saturated carbocycles. The third kappa shape index (κ3) is 4.09. The van der Waals surface area contributed by atoms with Crippen molar-refractivity contribution in [1.29, 1.82) is 5.26 Å². The lowest BCUT2D eigenvalue weighted by Crippen LogP contribution is -2.64. The molecule has 4 heterocycles. The lowest BCUT2D eigenvalue weighted by molar-refractivity contribution is 0.0543. The topological polar surface area (TPSA) is 136 Å². The largest absolute Gasteiger partial charge is 0.443 e. The number of carbonyl (C=O) groups is 1. The molecule has 174 valence electrons. The van der Waals surface area contributed by atoms with E-state index in [2.05, 4.69) is 21.1 Å². The minimum Gasteiger partial charge on any atom is -0.443 e. The van der Waals surface area contributed by atoms with Crippen LogP contribution in [-0.2, 0) is 20.3 Å². The maximum absolute atomic E-state index is 12.6. The third-order valence-electron chi connectivity index (χ3n) is 5.52. The molecule has 3 aromatic rings. The molecular formula is C21H25N7O4S. The number of carbonyl (C=O) groups excluding carboxylic acids is 1. The van der Waals surface area contributed by atoms with Crippen molar-refractivity contribution in [1.82, 2.24) is 28.6 Å². The fraction of sp³-hybridized carbons (Fsp3) is 0.476. The van der Waals surface area contributed by atoms with E-state index < -0.39 is 27.3 Å². The molecule has 0 unspecified atom stereocenters. The molecule has 11 nitrogen and oxygen atoms in total. The minimum absolute atomic E-state index is 0.00749. The summed E-state index contributed by atoms with van der Waals surface area (Å²) >= 11 is 0. The summed E-state index contributed by atoms with van der Waals surface area (Å²) in [6, 6.07) is 3.88. The first-order valence-corrected chi connectivity index (χ1v) is 12.1. The number of nitriles is 1. The minimum atomic E-state index is -3.34. The first-order valence-electron chi connectivity index (χ1n) is 10.5. The standard InChI is InChI=1S/C21H25N7O4S/c1-5-33(30,31)26-12-21(13-26,7-8-22)28-11-15(10-25-28)17-16-6-9-27(18(16)24-14-23-17)19(29)32-20(2,3)4/h6,9-11,14H,5,7,12-13H2,1-4H3. The van der Waals surface area contributed by atoms with E-state index in [0.717, 1.165) is 0 Å². The molecule has 1 aliphatic rings. The average Bonchev–Trinajstić information content (AvgIpc) is 3.36. The van der Waals surface area contributed by atoms with Crippen molar-refractivity contribution in [2.24, 2.45) is 0 Å². The zero-order valence-electron chi connectivity index (χ0n) is 18.9. The van der Waals surface area contributed by atoms with E-state index in [0.29, 0.717) is 22.3 Å². The van der Waals surface area contributed by atoms with Crippen LogP contribution in [0, 0.1) is 11.3 Å². The highest BCUT2D eigenvalue weighted by molar-refractivity contribution is 7.89. The van der Waals surface area contributed by atoms with Gasteiger partial charge in [-0.1, -0.05) is 0 Å². The van der Waals surface area contributed by atoms with Crippen LogP contribution in [0.4, 0.5) is 4.79 Å². The summed E-state index contributed by atoms with van der Waals surface area (Å²) in [4.78, 5) is 21.2. The van der Waals surface area contributed by atoms with Crippen LogP contribution in [0.25, 0.3) is 22.3 Å². The van der Waals surface area contributed by atoms with Gasteiger partial charge in [-0.2, -0.15) is 14.7 Å². The van der Waals surface area contributed by atoms with Gasteiger partial charge < -0.3 is 4.74 Å². The maximum Gasteiger partial charge on any atom is 0.420 e. The molecule has 0 N–H and O–H groups in total. The Bertz CT molecular complexity index is 1360. The molecule has 0 aromatic carbocycles. The number of hydrogen-bond acceptors (Lipinski definition) is 8. The molecule has 0 spiro atoms. The summed E-state index contributed by atoms with van der Waals surface area (Å²) in [5.41, 5.74) is 0.250. The van der Waals surface area contributed by atoms with E-state index in [-0.39, 0.29) is 25.3 Å². The summed E-state index contributed by atoms with van der Waals surface area (Å²) < 4.78 is 34.1. The summed E-state index contributed by atoms with van der Waals surface area (Å²) in [6.07, 6.45) is 5.88. The molecule has 1 aliphatic heterocycles. The van der Waals surface area contributed by atoms with Gasteiger partial charge in [-0.05, 0) is 33.8 Å². The van der Waals surface area contributed by atoms with Gasteiger partial charge in [0.1, 0.15) is 17.5 Å². The fourth-order valence-electron chi connectivity index (χ4n) is 3.82. The first-order chi connectivity index (χ1) is 15.5. The lowest BCUT2D eigenvalue weighted by atomic mass is 9.89. The Labute approximate surface area is 191 Å². The van der Waals surface area contributed by atoms with Crippen molar-refractivity contribution in [2.75, 3.05) is 18.8 Å². The molecular weight excluding hydrogens is 446 g/mol. The second-order valence-corrected chi connectivity index (χ2v) is 11.3. The highest BCUT2D eigenvalue weighted by Crippen LogP contribution is 2.36. The number of ether oxygens (including phenoxy) is 1. The highest BCUT2D eigenvalue weighted by atomic mass is 32.2. The van der Waals surface area contributed by atoms with E-state index in [4.69, 9.17) is 4.74 Å². The normalized spacial score (nSPS) is 16.3. The van der Waals surface area contributed by atoms with Crippen molar-refractivity contribution in [3.05, 3.63) is 31.0 Å². The Morgan fingerprint density at radius 1 is 1.30 bits per heavy atom. The number of sulfonamides is 1. The fourth-order valence-corrected chi connectivity index (χ4v) is 5.06. The van der Waals surface area contributed by atoms with E-state index in [1.54, 1.807) is 57.0 Å². The zero-order chi connectivity index (χ0) is 24.0. The van der Waals surface area contributed by atoms with Gasteiger partial charge in [0.2, 0.25) is 10.0 Å². The number of fused-ring (bicyclic) bond motifs is 1. The molecule has 0 aliphatic carbocycles. The van der Waals surface area contributed by atoms with Crippen LogP contribution < -0.4 is 0 Å². The first kappa shape index (κ1) is 22.9. The Kier molecular flexibility index (Phi) is 5.50. The molecule has 0 radical (unpaired) electrons. The molecule has 3 aromatic heterocycles. The quantitative estimate of drug-likeness (QED) is 0.553. The van der Waals surface area contributed by atoms with Gasteiger partial charge >= 0.3 is 6.09 Å². The predicted molar refractivity (Wildman–Crippen MR) is 120 cm³/mol. The van der Waals surface area contributed by atoms with Gasteiger partial charge in [-0.25, -0.2) is 27.7 Å². The molecule has 0 atom stereocenters. The molecule has 1 fully saturated rings. The van der Waals surface area contributed by atoms with E-state index >= 15 is 0 Å². The second-order valence-electron chi connectivity index (χ2n) is 9.03. The SMILES string of the molecule is CCS(=O)(=O)N1CC(CC#N)(n2cc(-c3ncnc4c3ccn4C(=O)OC(C)(C)C)cn2)C1. The van der Waals surface area contributed by atoms with E-state index in [1.807, 2.05) is 0 Å². The summed E-state index contributed by atoms with van der Waals surface area (Å²) in [5.74, 6) is 0.00749. The number of hydrogen-bond donors (Lipinski definition) is 0. The molecule has 0 bridgehead atoms. The van der Waals surface area contributed by atoms with Gasteiger partial charge in [0.15, 0.2) is 5.65 Å². The molecule has 1 saturated heterocycles. The second kappa shape index (κ2) is 7.93. The van der Waals surface area contributed by atoms with Crippen LogP contribution in [0.5, 0.6) is 0 Å². The lowest BCUT2D eigenvalue weighted by Gasteiger charge is -2.47. The Hall–Kier alpha value is -3.30. The molecule has 12 heteroatoms. The summed E-state index contributed by atoms with van der Waals surface area (Å²) in [6.45, 7) is 7.33. The van der Waals surface area contributed by atoms with Gasteiger partial charge in [-0.3, -0.25) is 4.68 Å². The van der Waals surface area contributed by atoms with Crippen molar-refractivity contribution >= 4 is 27.1 Å². The third-order valence-corrected chi connectivity index (χ3v) is 7.30. The van der Waals surface area contributed by atoms with Gasteiger partial charge in [0, 0.05) is 36.4 Å². The van der Waals surface area contributed by atoms with Crippen LogP contribution in [-0.4, -0.2) is 67.6 Å². The van der Waals surface area contributed by atoms with Crippen molar-refractivity contribution < 1.29 is 17.9 Å². The van der Waals surface area contributed by atoms with E-state index in [9.17, 15) is 18.5 Å². The number of nitrogens with zero attached hydrogens (tertiary/aromatic N) is 7. The zero-order valence-corrected chi connectivity index (χ0v) is 19.7. The highest BCUT2D eigenvalue weighted by Gasteiger charge is 2.49. The van der Waals surface area contributed by atoms with Crippen molar-refractivity contribution in [3.8, 4) is 17.3 Å². The predicted octanol–water partition coefficient (Wildman–Crippen LogP) is 2.35. The van der Waals surface area contributed by atoms with Crippen LogP contribution >= 0.6 is 0 Å². The van der Waals surface area contributed by atoms with E-state index in [1.165, 1.54) is 15.2 Å². The van der Waals surface area contributed by atoms with Gasteiger partial charge in [-0.15, -0.1) is 0 Å². The summed E-state index contributed by atoms with van der Waals surface area (Å²) in [7, 11) is -3.34. The monoisotopic (exact) mass is 471 g/mol. The molecule has 0 amide bonds. The van der Waals surface area contributed by atoms with Crippen LogP contribution in [0.3, 0.4) is 0 Å². The van der Waals surface area contributed by atoms with Crippen molar-refractivity contribution in [2.45, 2.75) is 45.3 Å². The van der Waals surface area contributed by atoms with Crippen LogP contribution in [0.2, 0.25) is 0 Å². The van der Waals surface area contributed by atoms with Gasteiger partial charge in [0.05, 0.1) is 30.1 Å². The Morgan fingerprint density at radius 3 is 2.67 bits per heavy atom. The summed E-state index contributed by atoms with van der Waals surface area (Å²) in [5, 5.41) is 14.4. The smallest absolute Gasteiger partial charge is 0.420 e. The number of rotatable bonds is 5. The van der Waals surface area contributed by atoms with Crippen molar-refractivity contribution in [3.63, 3.8) is 0 Å². The maximum atomic E-state index is 12.6. The number of aromatic nitrogens is 5. The van der Waals surface area contributed by atoms with Crippen LogP contribution in [0.1, 0.15) is 34.1 Å². The average molecular weight is 472 g/mol. The Balaban J connectivity index is 1.67. The van der Waals surface area contributed by atoms with Gasteiger partial charge in [0.25, 0.3) is 0 Å². The molecule has 4 rings (SSSR count). The molecule has 33 heavy (non-hydrogen) atoms. The Morgan fingerprint density at radius 2 is 2.03 bits per heavy atom. The van der Waals surface area contributed by atoms with Crippen LogP contribution in [0.15, 0.2) is 31.0 Å².